The Labute approximate surface area is 168 Å². The lowest BCUT2D eigenvalue weighted by Crippen LogP contribution is -3.15. The summed E-state index contributed by atoms with van der Waals surface area (Å²) in [7, 11) is 0. The average molecular weight is 408 g/mol. The number of benzene rings is 2. The molecule has 5 nitrogen and oxygen atoms in total. The van der Waals surface area contributed by atoms with Crippen molar-refractivity contribution in [2.24, 2.45) is 0 Å². The van der Waals surface area contributed by atoms with E-state index in [1.807, 2.05) is 24.0 Å². The van der Waals surface area contributed by atoms with Gasteiger partial charge in [-0.25, -0.2) is 0 Å². The Morgan fingerprint density at radius 2 is 1.86 bits per heavy atom. The number of hydrogen-bond donors (Lipinski definition) is 2. The molecule has 3 rings (SSSR count). The number of amides is 1. The SMILES string of the molecule is CCOc1ccccc1NC(=O)C[NH+]1CCN(c2cccc(C(F)(F)F)c2)CC1. The summed E-state index contributed by atoms with van der Waals surface area (Å²) in [5.74, 6) is 0.521. The molecule has 1 saturated heterocycles. The molecule has 0 saturated carbocycles. The maximum atomic E-state index is 12.9. The van der Waals surface area contributed by atoms with E-state index in [4.69, 9.17) is 4.74 Å². The monoisotopic (exact) mass is 408 g/mol. The van der Waals surface area contributed by atoms with Gasteiger partial charge in [0.05, 0.1) is 44.0 Å². The second-order valence-electron chi connectivity index (χ2n) is 6.94. The molecule has 2 aromatic carbocycles. The molecule has 0 radical (unpaired) electrons. The van der Waals surface area contributed by atoms with Crippen LogP contribution in [0.5, 0.6) is 5.75 Å². The van der Waals surface area contributed by atoms with Crippen molar-refractivity contribution in [3.63, 3.8) is 0 Å². The van der Waals surface area contributed by atoms with E-state index < -0.39 is 11.7 Å². The predicted molar refractivity (Wildman–Crippen MR) is 105 cm³/mol. The van der Waals surface area contributed by atoms with Gasteiger partial charge >= 0.3 is 6.18 Å². The first-order valence-corrected chi connectivity index (χ1v) is 9.64. The first kappa shape index (κ1) is 21.0. The summed E-state index contributed by atoms with van der Waals surface area (Å²) in [6.45, 7) is 5.24. The molecular weight excluding hydrogens is 383 g/mol. The zero-order chi connectivity index (χ0) is 20.9. The fraction of sp³-hybridized carbons (Fsp3) is 0.381. The highest BCUT2D eigenvalue weighted by atomic mass is 19.4. The zero-order valence-electron chi connectivity index (χ0n) is 16.3. The van der Waals surface area contributed by atoms with Crippen molar-refractivity contribution < 1.29 is 27.6 Å². The maximum absolute atomic E-state index is 12.9. The van der Waals surface area contributed by atoms with Crippen molar-refractivity contribution in [1.29, 1.82) is 0 Å². The first-order chi connectivity index (χ1) is 13.9. The first-order valence-electron chi connectivity index (χ1n) is 9.64. The van der Waals surface area contributed by atoms with Crippen molar-refractivity contribution in [1.82, 2.24) is 0 Å². The molecule has 2 aromatic rings. The van der Waals surface area contributed by atoms with Crippen molar-refractivity contribution in [2.75, 3.05) is 49.5 Å². The molecule has 1 heterocycles. The fourth-order valence-electron chi connectivity index (χ4n) is 3.41. The second kappa shape index (κ2) is 9.17. The summed E-state index contributed by atoms with van der Waals surface area (Å²) in [6.07, 6.45) is -4.35. The molecule has 1 amide bonds. The van der Waals surface area contributed by atoms with Gasteiger partial charge in [0.25, 0.3) is 5.91 Å². The van der Waals surface area contributed by atoms with E-state index in [1.165, 1.54) is 12.1 Å². The third-order valence-electron chi connectivity index (χ3n) is 4.88. The Morgan fingerprint density at radius 1 is 1.14 bits per heavy atom. The van der Waals surface area contributed by atoms with Crippen LogP contribution >= 0.6 is 0 Å². The van der Waals surface area contributed by atoms with Gasteiger partial charge in [0.15, 0.2) is 6.54 Å². The highest BCUT2D eigenvalue weighted by Crippen LogP contribution is 2.31. The van der Waals surface area contributed by atoms with E-state index in [0.29, 0.717) is 56.5 Å². The number of quaternary nitrogens is 1. The minimum Gasteiger partial charge on any atom is -0.492 e. The highest BCUT2D eigenvalue weighted by molar-refractivity contribution is 5.92. The molecular formula is C21H25F3N3O2+. The largest absolute Gasteiger partial charge is 0.492 e. The van der Waals surface area contributed by atoms with E-state index in [2.05, 4.69) is 5.32 Å². The molecule has 8 heteroatoms. The summed E-state index contributed by atoms with van der Waals surface area (Å²) in [4.78, 5) is 15.4. The third-order valence-corrected chi connectivity index (χ3v) is 4.88. The van der Waals surface area contributed by atoms with Gasteiger partial charge in [-0.3, -0.25) is 4.79 Å². The Morgan fingerprint density at radius 3 is 2.55 bits per heavy atom. The van der Waals surface area contributed by atoms with Crippen LogP contribution in [0.25, 0.3) is 0 Å². The lowest BCUT2D eigenvalue weighted by Gasteiger charge is -2.33. The number of rotatable bonds is 6. The van der Waals surface area contributed by atoms with Gasteiger partial charge in [-0.1, -0.05) is 18.2 Å². The number of carbonyl (C=O) groups excluding carboxylic acids is 1. The van der Waals surface area contributed by atoms with Crippen LogP contribution in [0.15, 0.2) is 48.5 Å². The van der Waals surface area contributed by atoms with Crippen LogP contribution in [-0.4, -0.2) is 45.2 Å². The Hall–Kier alpha value is -2.74. The maximum Gasteiger partial charge on any atom is 0.416 e. The van der Waals surface area contributed by atoms with Gasteiger partial charge in [0.2, 0.25) is 0 Å². The van der Waals surface area contributed by atoms with Crippen LogP contribution in [0.3, 0.4) is 0 Å². The van der Waals surface area contributed by atoms with Gasteiger partial charge < -0.3 is 19.9 Å². The molecule has 29 heavy (non-hydrogen) atoms. The Bertz CT molecular complexity index is 834. The summed E-state index contributed by atoms with van der Waals surface area (Å²) in [5.41, 5.74) is 0.562. The molecule has 0 bridgehead atoms. The van der Waals surface area contributed by atoms with Gasteiger partial charge in [-0.2, -0.15) is 13.2 Å². The molecule has 156 valence electrons. The van der Waals surface area contributed by atoms with Crippen molar-refractivity contribution in [3.8, 4) is 5.75 Å². The van der Waals surface area contributed by atoms with Gasteiger partial charge in [0, 0.05) is 5.69 Å². The fourth-order valence-corrected chi connectivity index (χ4v) is 3.41. The molecule has 1 aliphatic heterocycles. The second-order valence-corrected chi connectivity index (χ2v) is 6.94. The number of para-hydroxylation sites is 2. The Balaban J connectivity index is 1.53. The number of halogens is 3. The van der Waals surface area contributed by atoms with Crippen LogP contribution in [0.4, 0.5) is 24.5 Å². The Kier molecular flexibility index (Phi) is 6.64. The average Bonchev–Trinajstić information content (AvgIpc) is 2.70. The summed E-state index contributed by atoms with van der Waals surface area (Å²) < 4.78 is 44.3. The van der Waals surface area contributed by atoms with Crippen LogP contribution in [0.2, 0.25) is 0 Å². The highest BCUT2D eigenvalue weighted by Gasteiger charge is 2.31. The van der Waals surface area contributed by atoms with Crippen LogP contribution in [0.1, 0.15) is 12.5 Å². The van der Waals surface area contributed by atoms with Crippen LogP contribution in [-0.2, 0) is 11.0 Å². The van der Waals surface area contributed by atoms with E-state index >= 15 is 0 Å². The summed E-state index contributed by atoms with van der Waals surface area (Å²) in [5, 5.41) is 2.89. The number of carbonyl (C=O) groups is 1. The quantitative estimate of drug-likeness (QED) is 0.772. The van der Waals surface area contributed by atoms with E-state index in [9.17, 15) is 18.0 Å². The van der Waals surface area contributed by atoms with E-state index in [0.717, 1.165) is 11.0 Å². The van der Waals surface area contributed by atoms with E-state index in [-0.39, 0.29) is 5.91 Å². The minimum absolute atomic E-state index is 0.111. The van der Waals surface area contributed by atoms with Crippen LogP contribution < -0.4 is 19.9 Å². The topological polar surface area (TPSA) is 46.0 Å². The number of anilines is 2. The van der Waals surface area contributed by atoms with Crippen molar-refractivity contribution >= 4 is 17.3 Å². The van der Waals surface area contributed by atoms with Crippen LogP contribution in [0, 0.1) is 0 Å². The zero-order valence-corrected chi connectivity index (χ0v) is 16.3. The lowest BCUT2D eigenvalue weighted by atomic mass is 10.1. The molecule has 0 atom stereocenters. The summed E-state index contributed by atoms with van der Waals surface area (Å²) >= 11 is 0. The normalized spacial score (nSPS) is 15.2. The van der Waals surface area contributed by atoms with Crippen molar-refractivity contribution in [3.05, 3.63) is 54.1 Å². The smallest absolute Gasteiger partial charge is 0.416 e. The standard InChI is InChI=1S/C21H24F3N3O2/c1-2-29-19-9-4-3-8-18(19)25-20(28)15-26-10-12-27(13-11-26)17-7-5-6-16(14-17)21(22,23)24/h3-9,14H,2,10-13,15H2,1H3,(H,25,28)/p+1. The molecule has 0 aromatic heterocycles. The molecule has 0 unspecified atom stereocenters. The van der Waals surface area contributed by atoms with Crippen molar-refractivity contribution in [2.45, 2.75) is 13.1 Å². The van der Waals surface area contributed by atoms with Gasteiger partial charge in [-0.15, -0.1) is 0 Å². The minimum atomic E-state index is -4.35. The number of nitrogens with zero attached hydrogens (tertiary/aromatic N) is 1. The third kappa shape index (κ3) is 5.63. The molecule has 1 fully saturated rings. The number of piperazine rings is 1. The van der Waals surface area contributed by atoms with Gasteiger partial charge in [-0.05, 0) is 37.3 Å². The predicted octanol–water partition coefficient (Wildman–Crippen LogP) is 2.45. The number of ether oxygens (including phenoxy) is 1. The summed E-state index contributed by atoms with van der Waals surface area (Å²) in [6, 6.07) is 12.7. The molecule has 2 N–H and O–H groups in total. The molecule has 0 spiro atoms. The number of alkyl halides is 3. The number of nitrogens with one attached hydrogen (secondary N) is 2. The van der Waals surface area contributed by atoms with Gasteiger partial charge in [0.1, 0.15) is 5.75 Å². The van der Waals surface area contributed by atoms with E-state index in [1.54, 1.807) is 18.2 Å². The number of hydrogen-bond acceptors (Lipinski definition) is 3. The molecule has 1 aliphatic rings. The lowest BCUT2D eigenvalue weighted by molar-refractivity contribution is -0.892. The molecule has 0 aliphatic carbocycles.